The second-order valence-electron chi connectivity index (χ2n) is 4.43. The minimum Gasteiger partial charge on any atom is -0.508 e. The fourth-order valence-electron chi connectivity index (χ4n) is 2.12. The molecule has 0 aliphatic heterocycles. The maximum Gasteiger partial charge on any atom is 0.118 e. The highest BCUT2D eigenvalue weighted by Gasteiger charge is 2.09. The van der Waals surface area contributed by atoms with Crippen molar-refractivity contribution in [3.63, 3.8) is 0 Å². The largest absolute Gasteiger partial charge is 0.508 e. The fourth-order valence-corrected chi connectivity index (χ4v) is 2.12. The van der Waals surface area contributed by atoms with Crippen LogP contribution in [0, 0.1) is 0 Å². The molecule has 0 atom stereocenters. The lowest BCUT2D eigenvalue weighted by Gasteiger charge is -2.05. The van der Waals surface area contributed by atoms with Crippen LogP contribution in [0.2, 0.25) is 0 Å². The van der Waals surface area contributed by atoms with Crippen molar-refractivity contribution in [3.05, 3.63) is 54.7 Å². The van der Waals surface area contributed by atoms with Crippen LogP contribution in [0.15, 0.2) is 54.7 Å². The highest BCUT2D eigenvalue weighted by atomic mass is 16.5. The van der Waals surface area contributed by atoms with Crippen molar-refractivity contribution in [2.24, 2.45) is 0 Å². The molecule has 0 saturated heterocycles. The molecular weight excluding hydrogens is 252 g/mol. The lowest BCUT2D eigenvalue weighted by Crippen LogP contribution is -1.84. The Labute approximate surface area is 116 Å². The van der Waals surface area contributed by atoms with Crippen LogP contribution in [0.5, 0.6) is 11.5 Å². The van der Waals surface area contributed by atoms with E-state index in [4.69, 9.17) is 4.74 Å². The van der Waals surface area contributed by atoms with Gasteiger partial charge in [0.2, 0.25) is 0 Å². The van der Waals surface area contributed by atoms with E-state index < -0.39 is 0 Å². The Kier molecular flexibility index (Phi) is 3.13. The second-order valence-corrected chi connectivity index (χ2v) is 4.43. The van der Waals surface area contributed by atoms with Gasteiger partial charge in [0.25, 0.3) is 0 Å². The Morgan fingerprint density at radius 2 is 1.60 bits per heavy atom. The molecule has 3 aromatic rings. The second kappa shape index (κ2) is 5.09. The molecule has 0 bridgehead atoms. The molecule has 0 saturated carbocycles. The predicted octanol–water partition coefficient (Wildman–Crippen LogP) is 3.46. The smallest absolute Gasteiger partial charge is 0.118 e. The molecule has 0 radical (unpaired) electrons. The van der Waals surface area contributed by atoms with Crippen molar-refractivity contribution in [2.75, 3.05) is 7.11 Å². The molecule has 20 heavy (non-hydrogen) atoms. The van der Waals surface area contributed by atoms with Crippen LogP contribution >= 0.6 is 0 Å². The van der Waals surface area contributed by atoms with E-state index in [0.717, 1.165) is 28.1 Å². The Morgan fingerprint density at radius 1 is 0.950 bits per heavy atom. The molecule has 2 aromatic carbocycles. The number of aromatic nitrogens is 2. The van der Waals surface area contributed by atoms with Gasteiger partial charge >= 0.3 is 0 Å². The Morgan fingerprint density at radius 3 is 2.25 bits per heavy atom. The van der Waals surface area contributed by atoms with Crippen LogP contribution in [0.4, 0.5) is 0 Å². The number of nitrogens with one attached hydrogen (secondary N) is 1. The molecule has 1 aromatic heterocycles. The van der Waals surface area contributed by atoms with Gasteiger partial charge in [-0.15, -0.1) is 0 Å². The predicted molar refractivity (Wildman–Crippen MR) is 77.7 cm³/mol. The summed E-state index contributed by atoms with van der Waals surface area (Å²) in [6.07, 6.45) is 1.80. The summed E-state index contributed by atoms with van der Waals surface area (Å²) in [7, 11) is 1.65. The number of aromatic amines is 1. The van der Waals surface area contributed by atoms with Gasteiger partial charge in [-0.2, -0.15) is 5.10 Å². The van der Waals surface area contributed by atoms with Crippen molar-refractivity contribution in [3.8, 4) is 33.9 Å². The molecule has 3 rings (SSSR count). The first-order valence-electron chi connectivity index (χ1n) is 6.25. The molecule has 1 heterocycles. The summed E-state index contributed by atoms with van der Waals surface area (Å²) >= 11 is 0. The van der Waals surface area contributed by atoms with Gasteiger partial charge in [0, 0.05) is 11.1 Å². The SMILES string of the molecule is COc1ccc(-c2cn[nH]c2-c2ccc(O)cc2)cc1. The summed E-state index contributed by atoms with van der Waals surface area (Å²) in [6.45, 7) is 0. The third-order valence-corrected chi connectivity index (χ3v) is 3.20. The topological polar surface area (TPSA) is 58.1 Å². The van der Waals surface area contributed by atoms with Gasteiger partial charge in [0.15, 0.2) is 0 Å². The minimum atomic E-state index is 0.249. The number of hydrogen-bond acceptors (Lipinski definition) is 3. The minimum absolute atomic E-state index is 0.249. The van der Waals surface area contributed by atoms with E-state index in [0.29, 0.717) is 0 Å². The maximum absolute atomic E-state index is 9.36. The zero-order valence-corrected chi connectivity index (χ0v) is 11.0. The first-order chi connectivity index (χ1) is 9.78. The number of hydrogen-bond donors (Lipinski definition) is 2. The highest BCUT2D eigenvalue weighted by molar-refractivity contribution is 5.80. The number of benzene rings is 2. The zero-order chi connectivity index (χ0) is 13.9. The summed E-state index contributed by atoms with van der Waals surface area (Å²) in [5.41, 5.74) is 3.97. The average molecular weight is 266 g/mol. The quantitative estimate of drug-likeness (QED) is 0.763. The van der Waals surface area contributed by atoms with Gasteiger partial charge in [0.1, 0.15) is 11.5 Å². The van der Waals surface area contributed by atoms with Crippen molar-refractivity contribution in [1.29, 1.82) is 0 Å². The molecule has 0 unspecified atom stereocenters. The summed E-state index contributed by atoms with van der Waals surface area (Å²) in [5.74, 6) is 1.07. The standard InChI is InChI=1S/C16H14N2O2/c1-20-14-8-4-11(5-9-14)15-10-17-18-16(15)12-2-6-13(19)7-3-12/h2-10,19H,1H3,(H,17,18). The monoisotopic (exact) mass is 266 g/mol. The first kappa shape index (κ1) is 12.3. The van der Waals surface area contributed by atoms with E-state index in [-0.39, 0.29) is 5.75 Å². The summed E-state index contributed by atoms with van der Waals surface area (Å²) in [5, 5.41) is 16.5. The summed E-state index contributed by atoms with van der Waals surface area (Å²) in [4.78, 5) is 0. The molecular formula is C16H14N2O2. The summed E-state index contributed by atoms with van der Waals surface area (Å²) < 4.78 is 5.16. The van der Waals surface area contributed by atoms with E-state index >= 15 is 0 Å². The first-order valence-corrected chi connectivity index (χ1v) is 6.25. The van der Waals surface area contributed by atoms with Gasteiger partial charge in [-0.25, -0.2) is 0 Å². The third-order valence-electron chi connectivity index (χ3n) is 3.20. The van der Waals surface area contributed by atoms with Crippen LogP contribution < -0.4 is 4.74 Å². The average Bonchev–Trinajstić information content (AvgIpc) is 2.97. The molecule has 0 spiro atoms. The number of aromatic hydroxyl groups is 1. The van der Waals surface area contributed by atoms with Crippen LogP contribution in [0.25, 0.3) is 22.4 Å². The Hall–Kier alpha value is -2.75. The van der Waals surface area contributed by atoms with Crippen molar-refractivity contribution < 1.29 is 9.84 Å². The van der Waals surface area contributed by atoms with Gasteiger partial charge in [0.05, 0.1) is 19.0 Å². The van der Waals surface area contributed by atoms with Crippen LogP contribution in [0.1, 0.15) is 0 Å². The number of ether oxygens (including phenoxy) is 1. The fraction of sp³-hybridized carbons (Fsp3) is 0.0625. The van der Waals surface area contributed by atoms with Gasteiger partial charge < -0.3 is 9.84 Å². The number of phenolic OH excluding ortho intramolecular Hbond substituents is 1. The number of methoxy groups -OCH3 is 1. The van der Waals surface area contributed by atoms with E-state index in [1.54, 1.807) is 25.4 Å². The molecule has 0 aliphatic carbocycles. The number of nitrogens with zero attached hydrogens (tertiary/aromatic N) is 1. The Balaban J connectivity index is 2.02. The van der Waals surface area contributed by atoms with Gasteiger partial charge in [-0.05, 0) is 42.0 Å². The van der Waals surface area contributed by atoms with Crippen LogP contribution in [-0.4, -0.2) is 22.4 Å². The number of rotatable bonds is 3. The zero-order valence-electron chi connectivity index (χ0n) is 11.0. The lowest BCUT2D eigenvalue weighted by molar-refractivity contribution is 0.415. The van der Waals surface area contributed by atoms with E-state index in [1.807, 2.05) is 36.4 Å². The van der Waals surface area contributed by atoms with Crippen LogP contribution in [0.3, 0.4) is 0 Å². The van der Waals surface area contributed by atoms with Crippen LogP contribution in [-0.2, 0) is 0 Å². The maximum atomic E-state index is 9.36. The molecule has 4 heteroatoms. The van der Waals surface area contributed by atoms with Crippen molar-refractivity contribution in [1.82, 2.24) is 10.2 Å². The van der Waals surface area contributed by atoms with E-state index in [1.165, 1.54) is 0 Å². The normalized spacial score (nSPS) is 10.4. The number of H-pyrrole nitrogens is 1. The molecule has 4 nitrogen and oxygen atoms in total. The Bertz CT molecular complexity index is 700. The highest BCUT2D eigenvalue weighted by Crippen LogP contribution is 2.31. The molecule has 2 N–H and O–H groups in total. The van der Waals surface area contributed by atoms with Gasteiger partial charge in [-0.1, -0.05) is 12.1 Å². The van der Waals surface area contributed by atoms with Crippen molar-refractivity contribution in [2.45, 2.75) is 0 Å². The molecule has 0 fully saturated rings. The molecule has 100 valence electrons. The lowest BCUT2D eigenvalue weighted by atomic mass is 10.0. The van der Waals surface area contributed by atoms with Crippen molar-refractivity contribution >= 4 is 0 Å². The molecule has 0 aliphatic rings. The number of phenols is 1. The van der Waals surface area contributed by atoms with Gasteiger partial charge in [-0.3, -0.25) is 5.10 Å². The van der Waals surface area contributed by atoms with E-state index in [9.17, 15) is 5.11 Å². The molecule has 0 amide bonds. The third kappa shape index (κ3) is 2.23. The van der Waals surface area contributed by atoms with E-state index in [2.05, 4.69) is 10.2 Å². The summed E-state index contributed by atoms with van der Waals surface area (Å²) in [6, 6.07) is 14.9.